The maximum Gasteiger partial charge on any atom is 0.279 e. The van der Waals surface area contributed by atoms with Gasteiger partial charge in [0.05, 0.1) is 0 Å². The van der Waals surface area contributed by atoms with Crippen molar-refractivity contribution in [1.29, 1.82) is 0 Å². The van der Waals surface area contributed by atoms with Crippen molar-refractivity contribution in [2.45, 2.75) is 39.7 Å². The molecule has 1 heterocycles. The van der Waals surface area contributed by atoms with Crippen LogP contribution in [-0.2, 0) is 9.59 Å². The Morgan fingerprint density at radius 1 is 1.00 bits per heavy atom. The lowest BCUT2D eigenvalue weighted by Gasteiger charge is -2.29. The largest absolute Gasteiger partial charge is 0.348 e. The van der Waals surface area contributed by atoms with Crippen LogP contribution in [0.1, 0.15) is 30.9 Å². The molecule has 2 amide bonds. The van der Waals surface area contributed by atoms with Crippen LogP contribution < -0.4 is 20.4 Å². The van der Waals surface area contributed by atoms with Crippen LogP contribution in [0.5, 0.6) is 0 Å². The van der Waals surface area contributed by atoms with Gasteiger partial charge in [-0.25, -0.2) is 0 Å². The van der Waals surface area contributed by atoms with E-state index in [1.807, 2.05) is 32.0 Å². The number of anilines is 1. The minimum Gasteiger partial charge on any atom is -0.348 e. The van der Waals surface area contributed by atoms with Gasteiger partial charge in [0.15, 0.2) is 13.1 Å². The van der Waals surface area contributed by atoms with Crippen molar-refractivity contribution >= 4 is 17.5 Å². The van der Waals surface area contributed by atoms with Gasteiger partial charge in [0.25, 0.3) is 11.8 Å². The number of piperazine rings is 1. The van der Waals surface area contributed by atoms with Gasteiger partial charge in [-0.2, -0.15) is 0 Å². The second-order valence-electron chi connectivity index (χ2n) is 8.36. The van der Waals surface area contributed by atoms with Crippen molar-refractivity contribution in [1.82, 2.24) is 5.32 Å². The van der Waals surface area contributed by atoms with E-state index in [9.17, 15) is 9.59 Å². The van der Waals surface area contributed by atoms with Gasteiger partial charge in [-0.05, 0) is 50.7 Å². The second kappa shape index (κ2) is 8.85. The number of nitrogens with one attached hydrogen (secondary N) is 4. The molecule has 0 aromatic heterocycles. The van der Waals surface area contributed by atoms with Crippen molar-refractivity contribution in [3.8, 4) is 0 Å². The molecule has 148 valence electrons. The molecule has 0 radical (unpaired) electrons. The Morgan fingerprint density at radius 2 is 1.52 bits per heavy atom. The highest BCUT2D eigenvalue weighted by Crippen LogP contribution is 2.32. The van der Waals surface area contributed by atoms with Crippen LogP contribution in [0, 0.1) is 19.8 Å². The molecule has 27 heavy (non-hydrogen) atoms. The van der Waals surface area contributed by atoms with Crippen molar-refractivity contribution in [2.75, 3.05) is 44.6 Å². The summed E-state index contributed by atoms with van der Waals surface area (Å²) in [6.07, 6.45) is 2.50. The van der Waals surface area contributed by atoms with Gasteiger partial charge in [-0.3, -0.25) is 9.59 Å². The molecule has 0 spiro atoms. The van der Waals surface area contributed by atoms with E-state index in [1.165, 1.54) is 22.6 Å². The fourth-order valence-corrected chi connectivity index (χ4v) is 3.98. The highest BCUT2D eigenvalue weighted by atomic mass is 16.2. The SMILES string of the molecule is Cc1cccc(C)c1NC(=O)C[NH+]1CC[NH+](CC(=O)N[C@H](C)C2CC2)CC1. The van der Waals surface area contributed by atoms with E-state index in [2.05, 4.69) is 17.6 Å². The average molecular weight is 375 g/mol. The van der Waals surface area contributed by atoms with Crippen molar-refractivity contribution < 1.29 is 19.4 Å². The number of hydrogen-bond acceptors (Lipinski definition) is 2. The third-order valence-electron chi connectivity index (χ3n) is 5.95. The van der Waals surface area contributed by atoms with Crippen LogP contribution in [0.4, 0.5) is 5.69 Å². The summed E-state index contributed by atoms with van der Waals surface area (Å²) in [4.78, 5) is 27.2. The monoisotopic (exact) mass is 374 g/mol. The van der Waals surface area contributed by atoms with Gasteiger partial charge in [-0.15, -0.1) is 0 Å². The Labute approximate surface area is 162 Å². The first-order chi connectivity index (χ1) is 12.9. The number of aryl methyl sites for hydroxylation is 2. The Morgan fingerprint density at radius 3 is 2.04 bits per heavy atom. The number of carbonyl (C=O) groups is 2. The third kappa shape index (κ3) is 5.78. The highest BCUT2D eigenvalue weighted by Gasteiger charge is 2.31. The van der Waals surface area contributed by atoms with Gasteiger partial charge in [0.1, 0.15) is 26.2 Å². The number of carbonyl (C=O) groups excluding carboxylic acids is 2. The molecule has 1 saturated heterocycles. The number of benzene rings is 1. The van der Waals surface area contributed by atoms with Crippen LogP contribution in [0.15, 0.2) is 18.2 Å². The predicted octanol–water partition coefficient (Wildman–Crippen LogP) is -1.06. The van der Waals surface area contributed by atoms with Gasteiger partial charge >= 0.3 is 0 Å². The lowest BCUT2D eigenvalue weighted by Crippen LogP contribution is -3.28. The molecular weight excluding hydrogens is 340 g/mol. The zero-order valence-electron chi connectivity index (χ0n) is 16.9. The smallest absolute Gasteiger partial charge is 0.279 e. The molecule has 4 N–H and O–H groups in total. The summed E-state index contributed by atoms with van der Waals surface area (Å²) < 4.78 is 0. The topological polar surface area (TPSA) is 67.1 Å². The summed E-state index contributed by atoms with van der Waals surface area (Å²) in [5.74, 6) is 0.933. The van der Waals surface area contributed by atoms with E-state index in [-0.39, 0.29) is 11.8 Å². The van der Waals surface area contributed by atoms with Crippen LogP contribution in [0.25, 0.3) is 0 Å². The normalized spacial score (nSPS) is 23.5. The Hall–Kier alpha value is -1.92. The molecule has 1 aliphatic heterocycles. The molecule has 1 aromatic rings. The molecule has 0 bridgehead atoms. The maximum absolute atomic E-state index is 12.4. The van der Waals surface area contributed by atoms with Crippen molar-refractivity contribution in [2.24, 2.45) is 5.92 Å². The molecular formula is C21H34N4O2+2. The molecule has 2 aliphatic rings. The molecule has 1 aromatic carbocycles. The van der Waals surface area contributed by atoms with Gasteiger partial charge in [0.2, 0.25) is 0 Å². The van der Waals surface area contributed by atoms with Crippen molar-refractivity contribution in [3.05, 3.63) is 29.3 Å². The zero-order chi connectivity index (χ0) is 19.4. The number of amides is 2. The summed E-state index contributed by atoms with van der Waals surface area (Å²) in [6, 6.07) is 6.37. The first-order valence-corrected chi connectivity index (χ1v) is 10.2. The summed E-state index contributed by atoms with van der Waals surface area (Å²) in [7, 11) is 0. The Balaban J connectivity index is 1.38. The van der Waals surface area contributed by atoms with Gasteiger partial charge in [0, 0.05) is 11.7 Å². The van der Waals surface area contributed by atoms with Crippen molar-refractivity contribution in [3.63, 3.8) is 0 Å². The average Bonchev–Trinajstić information content (AvgIpc) is 3.45. The van der Waals surface area contributed by atoms with Crippen LogP contribution in [0.2, 0.25) is 0 Å². The van der Waals surface area contributed by atoms with Crippen LogP contribution >= 0.6 is 0 Å². The third-order valence-corrected chi connectivity index (χ3v) is 5.95. The molecule has 1 atom stereocenters. The van der Waals surface area contributed by atoms with E-state index in [4.69, 9.17) is 0 Å². The minimum atomic E-state index is 0.0712. The fourth-order valence-electron chi connectivity index (χ4n) is 3.98. The molecule has 6 heteroatoms. The van der Waals surface area contributed by atoms with E-state index >= 15 is 0 Å². The molecule has 1 aliphatic carbocycles. The molecule has 3 rings (SSSR count). The number of quaternary nitrogens is 2. The number of hydrogen-bond donors (Lipinski definition) is 4. The second-order valence-corrected chi connectivity index (χ2v) is 8.36. The van der Waals surface area contributed by atoms with Crippen LogP contribution in [0.3, 0.4) is 0 Å². The first-order valence-electron chi connectivity index (χ1n) is 10.2. The summed E-state index contributed by atoms with van der Waals surface area (Å²) in [5.41, 5.74) is 3.13. The fraction of sp³-hybridized carbons (Fsp3) is 0.619. The minimum absolute atomic E-state index is 0.0712. The Kier molecular flexibility index (Phi) is 6.50. The maximum atomic E-state index is 12.4. The molecule has 6 nitrogen and oxygen atoms in total. The zero-order valence-corrected chi connectivity index (χ0v) is 16.9. The quantitative estimate of drug-likeness (QED) is 0.492. The standard InChI is InChI=1S/C21H32N4O2/c1-15-5-4-6-16(2)21(15)23-20(27)14-25-11-9-24(10-12-25)13-19(26)22-17(3)18-7-8-18/h4-6,17-18H,7-14H2,1-3H3,(H,22,26)(H,23,27)/p+2/t17-/m1/s1. The lowest BCUT2D eigenvalue weighted by molar-refractivity contribution is -1.00. The summed E-state index contributed by atoms with van der Waals surface area (Å²) in [6.45, 7) is 10.9. The number of para-hydroxylation sites is 1. The number of rotatable bonds is 7. The summed E-state index contributed by atoms with van der Waals surface area (Å²) in [5, 5.41) is 6.22. The lowest BCUT2D eigenvalue weighted by atomic mass is 10.1. The van der Waals surface area contributed by atoms with E-state index < -0.39 is 0 Å². The molecule has 2 fully saturated rings. The van der Waals surface area contributed by atoms with E-state index in [1.54, 1.807) is 0 Å². The highest BCUT2D eigenvalue weighted by molar-refractivity contribution is 5.93. The van der Waals surface area contributed by atoms with Gasteiger partial charge < -0.3 is 20.4 Å². The van der Waals surface area contributed by atoms with Gasteiger partial charge in [-0.1, -0.05) is 18.2 Å². The van der Waals surface area contributed by atoms with Crippen LogP contribution in [-0.4, -0.2) is 57.1 Å². The van der Waals surface area contributed by atoms with E-state index in [0.29, 0.717) is 25.0 Å². The van der Waals surface area contributed by atoms with E-state index in [0.717, 1.165) is 43.0 Å². The molecule has 1 saturated carbocycles. The molecule has 0 unspecified atom stereocenters. The summed E-state index contributed by atoms with van der Waals surface area (Å²) >= 11 is 0. The predicted molar refractivity (Wildman–Crippen MR) is 106 cm³/mol. The first kappa shape index (κ1) is 19.8. The Bertz CT molecular complexity index is 659.